The number of methoxy groups -OCH3 is 2. The molecule has 0 bridgehead atoms. The monoisotopic (exact) mass is 352 g/mol. The van der Waals surface area contributed by atoms with Crippen molar-refractivity contribution in [2.24, 2.45) is 0 Å². The third-order valence-electron chi connectivity index (χ3n) is 4.63. The van der Waals surface area contributed by atoms with Crippen molar-refractivity contribution >= 4 is 5.97 Å². The molecular formula is C18H24O7. The van der Waals surface area contributed by atoms with Crippen molar-refractivity contribution in [3.63, 3.8) is 0 Å². The van der Waals surface area contributed by atoms with Crippen LogP contribution in [0.3, 0.4) is 0 Å². The van der Waals surface area contributed by atoms with E-state index in [9.17, 15) is 9.90 Å². The van der Waals surface area contributed by atoms with E-state index in [2.05, 4.69) is 0 Å². The van der Waals surface area contributed by atoms with E-state index in [0.717, 1.165) is 5.56 Å². The van der Waals surface area contributed by atoms with E-state index in [-0.39, 0.29) is 12.5 Å². The second-order valence-electron chi connectivity index (χ2n) is 6.75. The molecule has 1 N–H and O–H groups in total. The summed E-state index contributed by atoms with van der Waals surface area (Å²) in [6, 6.07) is 7.31. The summed E-state index contributed by atoms with van der Waals surface area (Å²) < 4.78 is 28.5. The Morgan fingerprint density at radius 3 is 2.48 bits per heavy atom. The third-order valence-corrected chi connectivity index (χ3v) is 4.63. The van der Waals surface area contributed by atoms with Crippen LogP contribution in [-0.4, -0.2) is 55.7 Å². The average molecular weight is 352 g/mol. The average Bonchev–Trinajstić information content (AvgIpc) is 3.03. The molecule has 2 saturated heterocycles. The lowest BCUT2D eigenvalue weighted by Gasteiger charge is -2.30. The van der Waals surface area contributed by atoms with E-state index in [1.54, 1.807) is 26.4 Å². The highest BCUT2D eigenvalue weighted by molar-refractivity contribution is 5.68. The van der Waals surface area contributed by atoms with Gasteiger partial charge in [-0.2, -0.15) is 0 Å². The van der Waals surface area contributed by atoms with Crippen LogP contribution >= 0.6 is 0 Å². The molecule has 0 saturated carbocycles. The molecule has 2 fully saturated rings. The lowest BCUT2D eigenvalue weighted by Crippen LogP contribution is -2.39. The van der Waals surface area contributed by atoms with Crippen molar-refractivity contribution < 1.29 is 33.6 Å². The molecule has 0 unspecified atom stereocenters. The molecule has 2 aliphatic rings. The van der Waals surface area contributed by atoms with Crippen LogP contribution in [-0.2, 0) is 23.7 Å². The molecule has 5 atom stereocenters. The Hall–Kier alpha value is -1.67. The molecule has 0 radical (unpaired) electrons. The van der Waals surface area contributed by atoms with Gasteiger partial charge in [0.2, 0.25) is 0 Å². The number of ether oxygens (including phenoxy) is 5. The number of hydrogen-bond acceptors (Lipinski definition) is 6. The summed E-state index contributed by atoms with van der Waals surface area (Å²) in [6.07, 6.45) is -1.95. The number of aliphatic carboxylic acids is 1. The summed E-state index contributed by atoms with van der Waals surface area (Å²) in [5.74, 6) is -1.34. The van der Waals surface area contributed by atoms with E-state index in [1.807, 2.05) is 26.0 Å². The van der Waals surface area contributed by atoms with Gasteiger partial charge in [-0.1, -0.05) is 12.1 Å². The molecule has 0 aromatic heterocycles. The fourth-order valence-electron chi connectivity index (χ4n) is 3.56. The van der Waals surface area contributed by atoms with Gasteiger partial charge in [0.05, 0.1) is 19.6 Å². The van der Waals surface area contributed by atoms with Crippen molar-refractivity contribution in [2.75, 3.05) is 14.2 Å². The lowest BCUT2D eigenvalue weighted by atomic mass is 9.87. The molecule has 7 nitrogen and oxygen atoms in total. The smallest absolute Gasteiger partial charge is 0.304 e. The van der Waals surface area contributed by atoms with Gasteiger partial charge in [0.25, 0.3) is 0 Å². The molecule has 138 valence electrons. The molecule has 0 amide bonds. The standard InChI is InChI=1S/C18H24O7/c1-18(2)24-16-15(22-4)14(23-17(16)25-18)12(9-13(19)20)10-5-7-11(21-3)8-6-10/h5-8,12,14-17H,9H2,1-4H3,(H,19,20)/t12-,14-,15+,16-,17-/m1/s1. The van der Waals surface area contributed by atoms with Gasteiger partial charge in [-0.3, -0.25) is 4.79 Å². The topological polar surface area (TPSA) is 83.5 Å². The van der Waals surface area contributed by atoms with Crippen LogP contribution in [0.4, 0.5) is 0 Å². The van der Waals surface area contributed by atoms with E-state index in [1.165, 1.54) is 0 Å². The zero-order valence-corrected chi connectivity index (χ0v) is 14.8. The van der Waals surface area contributed by atoms with Crippen LogP contribution in [0.1, 0.15) is 31.7 Å². The number of benzene rings is 1. The highest BCUT2D eigenvalue weighted by Crippen LogP contribution is 2.43. The summed E-state index contributed by atoms with van der Waals surface area (Å²) in [6.45, 7) is 3.63. The quantitative estimate of drug-likeness (QED) is 0.840. The molecule has 2 heterocycles. The molecular weight excluding hydrogens is 328 g/mol. The van der Waals surface area contributed by atoms with Gasteiger partial charge in [0, 0.05) is 13.0 Å². The fourth-order valence-corrected chi connectivity index (χ4v) is 3.56. The summed E-state index contributed by atoms with van der Waals surface area (Å²) >= 11 is 0. The SMILES string of the molecule is COc1ccc([C@@H](CC(=O)O)[C@H]2O[C@@H]3OC(C)(C)O[C@@H]3[C@H]2OC)cc1. The van der Waals surface area contributed by atoms with Crippen LogP contribution in [0.25, 0.3) is 0 Å². The minimum Gasteiger partial charge on any atom is -0.497 e. The Bertz CT molecular complexity index is 612. The predicted molar refractivity (Wildman–Crippen MR) is 87.5 cm³/mol. The van der Waals surface area contributed by atoms with Crippen LogP contribution in [0.2, 0.25) is 0 Å². The van der Waals surface area contributed by atoms with Gasteiger partial charge in [0.1, 0.15) is 18.0 Å². The maximum atomic E-state index is 11.4. The summed E-state index contributed by atoms with van der Waals surface area (Å²) in [5, 5.41) is 9.37. The number of rotatable bonds is 6. The van der Waals surface area contributed by atoms with Crippen LogP contribution in [0.5, 0.6) is 5.75 Å². The zero-order valence-electron chi connectivity index (χ0n) is 14.8. The van der Waals surface area contributed by atoms with E-state index >= 15 is 0 Å². The van der Waals surface area contributed by atoms with Gasteiger partial charge in [-0.05, 0) is 31.5 Å². The van der Waals surface area contributed by atoms with Crippen molar-refractivity contribution in [3.8, 4) is 5.75 Å². The third kappa shape index (κ3) is 3.64. The van der Waals surface area contributed by atoms with Gasteiger partial charge >= 0.3 is 5.97 Å². The summed E-state index contributed by atoms with van der Waals surface area (Å²) in [4.78, 5) is 11.4. The fraction of sp³-hybridized carbons (Fsp3) is 0.611. The number of carboxylic acid groups (broad SMARTS) is 1. The van der Waals surface area contributed by atoms with Crippen molar-refractivity contribution in [3.05, 3.63) is 29.8 Å². The zero-order chi connectivity index (χ0) is 18.2. The molecule has 1 aromatic rings. The molecule has 2 aliphatic heterocycles. The minimum absolute atomic E-state index is 0.0836. The van der Waals surface area contributed by atoms with Crippen molar-refractivity contribution in [1.82, 2.24) is 0 Å². The minimum atomic E-state index is -0.904. The predicted octanol–water partition coefficient (Wildman–Crippen LogP) is 2.14. The summed E-state index contributed by atoms with van der Waals surface area (Å²) in [7, 11) is 3.16. The van der Waals surface area contributed by atoms with Crippen LogP contribution < -0.4 is 4.74 Å². The van der Waals surface area contributed by atoms with Crippen molar-refractivity contribution in [1.29, 1.82) is 0 Å². The second kappa shape index (κ2) is 6.92. The van der Waals surface area contributed by atoms with Gasteiger partial charge in [-0.15, -0.1) is 0 Å². The first-order valence-electron chi connectivity index (χ1n) is 8.24. The van der Waals surface area contributed by atoms with Gasteiger partial charge in [-0.25, -0.2) is 0 Å². The van der Waals surface area contributed by atoms with Crippen molar-refractivity contribution in [2.45, 2.75) is 56.6 Å². The number of carbonyl (C=O) groups is 1. The first kappa shape index (κ1) is 18.1. The van der Waals surface area contributed by atoms with Gasteiger partial charge < -0.3 is 28.8 Å². The molecule has 25 heavy (non-hydrogen) atoms. The molecule has 1 aromatic carbocycles. The number of fused-ring (bicyclic) bond motifs is 1. The highest BCUT2D eigenvalue weighted by atomic mass is 16.8. The lowest BCUT2D eigenvalue weighted by molar-refractivity contribution is -0.219. The maximum absolute atomic E-state index is 11.4. The van der Waals surface area contributed by atoms with Crippen LogP contribution in [0, 0.1) is 0 Å². The molecule has 0 aliphatic carbocycles. The second-order valence-corrected chi connectivity index (χ2v) is 6.75. The number of carboxylic acids is 1. The Morgan fingerprint density at radius 1 is 1.24 bits per heavy atom. The number of hydrogen-bond donors (Lipinski definition) is 1. The van der Waals surface area contributed by atoms with Gasteiger partial charge in [0.15, 0.2) is 12.1 Å². The van der Waals surface area contributed by atoms with E-state index < -0.39 is 36.2 Å². The first-order chi connectivity index (χ1) is 11.8. The normalized spacial score (nSPS) is 31.5. The largest absolute Gasteiger partial charge is 0.497 e. The Morgan fingerprint density at radius 2 is 1.92 bits per heavy atom. The van der Waals surface area contributed by atoms with E-state index in [4.69, 9.17) is 23.7 Å². The molecule has 7 heteroatoms. The molecule has 3 rings (SSSR count). The highest BCUT2D eigenvalue weighted by Gasteiger charge is 2.57. The Kier molecular flexibility index (Phi) is 5.02. The Balaban J connectivity index is 1.87. The van der Waals surface area contributed by atoms with E-state index in [0.29, 0.717) is 5.75 Å². The first-order valence-corrected chi connectivity index (χ1v) is 8.24. The maximum Gasteiger partial charge on any atom is 0.304 e. The molecule has 0 spiro atoms. The summed E-state index contributed by atoms with van der Waals surface area (Å²) in [5.41, 5.74) is 0.842. The Labute approximate surface area is 146 Å². The van der Waals surface area contributed by atoms with Crippen LogP contribution in [0.15, 0.2) is 24.3 Å².